The molecule has 0 saturated carbocycles. The molecule has 8 nitrogen and oxygen atoms in total. The van der Waals surface area contributed by atoms with Crippen LogP contribution in [0.15, 0.2) is 29.1 Å². The smallest absolute Gasteiger partial charge is 0.252 e. The highest BCUT2D eigenvalue weighted by molar-refractivity contribution is 7.71. The first-order chi connectivity index (χ1) is 12.5. The molecule has 0 radical (unpaired) electrons. The normalized spacial score (nSPS) is 10.6. The Balaban J connectivity index is 2.53. The lowest BCUT2D eigenvalue weighted by atomic mass is 10.1. The van der Waals surface area contributed by atoms with Gasteiger partial charge in [-0.1, -0.05) is 0 Å². The predicted molar refractivity (Wildman–Crippen MR) is 95.9 cm³/mol. The van der Waals surface area contributed by atoms with Gasteiger partial charge >= 0.3 is 0 Å². The fourth-order valence-electron chi connectivity index (χ4n) is 2.29. The van der Waals surface area contributed by atoms with Crippen LogP contribution in [0, 0.1) is 10.6 Å². The minimum Gasteiger partial charge on any atom is -0.490 e. The Morgan fingerprint density at radius 3 is 2.88 bits per heavy atom. The lowest BCUT2D eigenvalue weighted by Gasteiger charge is -2.16. The minimum absolute atomic E-state index is 0.0350. The number of carbonyl (C=O) groups excluding carboxylic acids is 1. The van der Waals surface area contributed by atoms with Gasteiger partial charge in [0.05, 0.1) is 12.3 Å². The van der Waals surface area contributed by atoms with Crippen molar-refractivity contribution in [2.24, 2.45) is 5.73 Å². The minimum atomic E-state index is -0.544. The van der Waals surface area contributed by atoms with E-state index in [1.54, 1.807) is 0 Å². The third kappa shape index (κ3) is 4.97. The van der Waals surface area contributed by atoms with Gasteiger partial charge in [0.15, 0.2) is 4.77 Å². The Morgan fingerprint density at radius 1 is 1.42 bits per heavy atom. The molecule has 1 heterocycles. The lowest BCUT2D eigenvalue weighted by Crippen LogP contribution is -2.33. The van der Waals surface area contributed by atoms with E-state index in [0.29, 0.717) is 12.1 Å². The summed E-state index contributed by atoms with van der Waals surface area (Å²) in [5.41, 5.74) is 5.54. The summed E-state index contributed by atoms with van der Waals surface area (Å²) in [5, 5.41) is 11.6. The zero-order valence-corrected chi connectivity index (χ0v) is 14.6. The largest absolute Gasteiger partial charge is 0.490 e. The third-order valence-corrected chi connectivity index (χ3v) is 3.69. The topological polar surface area (TPSA) is 122 Å². The summed E-state index contributed by atoms with van der Waals surface area (Å²) < 4.78 is 20.4. The highest BCUT2D eigenvalue weighted by atomic mass is 32.1. The number of carbonyl (C=O) groups is 1. The number of nitrogens with two attached hydrogens (primary N) is 1. The Hall–Kier alpha value is -2.56. The third-order valence-electron chi connectivity index (χ3n) is 3.37. The van der Waals surface area contributed by atoms with E-state index in [1.807, 2.05) is 0 Å². The van der Waals surface area contributed by atoms with Crippen LogP contribution in [0.4, 0.5) is 4.39 Å². The quantitative estimate of drug-likeness (QED) is 0.483. The Bertz CT molecular complexity index is 897. The summed E-state index contributed by atoms with van der Waals surface area (Å²) >= 11 is 5.16. The van der Waals surface area contributed by atoms with E-state index in [0.717, 1.165) is 6.07 Å². The molecule has 0 aliphatic rings. The second kappa shape index (κ2) is 9.22. The summed E-state index contributed by atoms with van der Waals surface area (Å²) in [7, 11) is 0. The van der Waals surface area contributed by atoms with Gasteiger partial charge < -0.3 is 25.5 Å². The van der Waals surface area contributed by atoms with Crippen LogP contribution in [0.3, 0.4) is 0 Å². The maximum Gasteiger partial charge on any atom is 0.252 e. The number of halogens is 1. The molecule has 0 atom stereocenters. The first kappa shape index (κ1) is 19.8. The second-order valence-electron chi connectivity index (χ2n) is 5.26. The van der Waals surface area contributed by atoms with E-state index in [9.17, 15) is 14.0 Å². The monoisotopic (exact) mass is 382 g/mol. The molecule has 0 aliphatic heterocycles. The number of H-pyrrole nitrogens is 1. The van der Waals surface area contributed by atoms with Crippen LogP contribution in [0.25, 0.3) is 11.3 Å². The zero-order chi connectivity index (χ0) is 19.1. The van der Waals surface area contributed by atoms with Gasteiger partial charge in [-0.2, -0.15) is 0 Å². The maximum absolute atomic E-state index is 13.6. The lowest BCUT2D eigenvalue weighted by molar-refractivity contribution is -0.121. The zero-order valence-electron chi connectivity index (χ0n) is 13.8. The van der Waals surface area contributed by atoms with Gasteiger partial charge in [0.2, 0.25) is 5.91 Å². The average Bonchev–Trinajstić information content (AvgIpc) is 2.60. The standard InChI is InChI=1S/C16H19FN4O4S/c17-10-1-2-11(13(7-10)25-6-5-22)12-8-14(23)20-16(26)21(12)9-15(24)19-4-3-18/h1-2,7-8,22H,3-6,9,18H2,(H,19,24)(H,20,23,26). The fraction of sp³-hybridized carbons (Fsp3) is 0.312. The van der Waals surface area contributed by atoms with Gasteiger partial charge in [0, 0.05) is 30.8 Å². The van der Waals surface area contributed by atoms with Gasteiger partial charge in [-0.25, -0.2) is 4.39 Å². The molecule has 1 aromatic carbocycles. The van der Waals surface area contributed by atoms with Crippen LogP contribution in [-0.4, -0.2) is 46.9 Å². The summed E-state index contributed by atoms with van der Waals surface area (Å²) in [6.07, 6.45) is 0. The molecular weight excluding hydrogens is 363 g/mol. The van der Waals surface area contributed by atoms with Crippen LogP contribution in [0.5, 0.6) is 5.75 Å². The Kier molecular flexibility index (Phi) is 7.01. The molecule has 5 N–H and O–H groups in total. The number of aromatic amines is 1. The number of nitrogens with zero attached hydrogens (tertiary/aromatic N) is 1. The number of benzene rings is 1. The first-order valence-corrected chi connectivity index (χ1v) is 8.21. The van der Waals surface area contributed by atoms with Crippen molar-refractivity contribution >= 4 is 18.1 Å². The van der Waals surface area contributed by atoms with Gasteiger partial charge in [-0.05, 0) is 24.4 Å². The van der Waals surface area contributed by atoms with Crippen LogP contribution in [-0.2, 0) is 11.3 Å². The average molecular weight is 382 g/mol. The highest BCUT2D eigenvalue weighted by Crippen LogP contribution is 2.30. The van der Waals surface area contributed by atoms with Gasteiger partial charge in [-0.3, -0.25) is 14.6 Å². The molecule has 0 aliphatic carbocycles. The highest BCUT2D eigenvalue weighted by Gasteiger charge is 2.15. The van der Waals surface area contributed by atoms with Gasteiger partial charge in [0.1, 0.15) is 24.7 Å². The Labute approximate surface area is 153 Å². The van der Waals surface area contributed by atoms with Crippen molar-refractivity contribution in [2.75, 3.05) is 26.3 Å². The number of ether oxygens (including phenoxy) is 1. The number of aliphatic hydroxyl groups excluding tert-OH is 1. The summed E-state index contributed by atoms with van der Waals surface area (Å²) in [6, 6.07) is 4.99. The van der Waals surface area contributed by atoms with Crippen molar-refractivity contribution in [3.8, 4) is 17.0 Å². The molecule has 1 aromatic heterocycles. The van der Waals surface area contributed by atoms with E-state index in [2.05, 4.69) is 10.3 Å². The van der Waals surface area contributed by atoms with Crippen molar-refractivity contribution in [3.63, 3.8) is 0 Å². The molecule has 2 aromatic rings. The van der Waals surface area contributed by atoms with Gasteiger partial charge in [0.25, 0.3) is 5.56 Å². The number of amides is 1. The molecule has 26 heavy (non-hydrogen) atoms. The summed E-state index contributed by atoms with van der Waals surface area (Å²) in [5.74, 6) is -0.771. The second-order valence-corrected chi connectivity index (χ2v) is 5.65. The van der Waals surface area contributed by atoms with Crippen molar-refractivity contribution < 1.29 is 19.0 Å². The van der Waals surface area contributed by atoms with E-state index in [-0.39, 0.29) is 48.4 Å². The molecule has 0 spiro atoms. The van der Waals surface area contributed by atoms with Crippen LogP contribution >= 0.6 is 12.2 Å². The Morgan fingerprint density at radius 2 is 2.19 bits per heavy atom. The molecule has 10 heteroatoms. The van der Waals surface area contributed by atoms with Gasteiger partial charge in [-0.15, -0.1) is 0 Å². The molecule has 0 saturated heterocycles. The molecule has 2 rings (SSSR count). The van der Waals surface area contributed by atoms with E-state index in [4.69, 9.17) is 27.8 Å². The van der Waals surface area contributed by atoms with Crippen molar-refractivity contribution in [3.05, 3.63) is 45.2 Å². The molecule has 1 amide bonds. The number of aliphatic hydroxyl groups is 1. The number of hydrogen-bond acceptors (Lipinski definition) is 6. The van der Waals surface area contributed by atoms with Crippen LogP contribution in [0.1, 0.15) is 0 Å². The number of hydrogen-bond donors (Lipinski definition) is 4. The SMILES string of the molecule is NCCNC(=O)Cn1c(-c2ccc(F)cc2OCCO)cc(=O)[nH]c1=S. The van der Waals surface area contributed by atoms with Crippen molar-refractivity contribution in [1.29, 1.82) is 0 Å². The fourth-order valence-corrected chi connectivity index (χ4v) is 2.56. The predicted octanol–water partition coefficient (Wildman–Crippen LogP) is 0.158. The van der Waals surface area contributed by atoms with E-state index < -0.39 is 11.4 Å². The maximum atomic E-state index is 13.6. The van der Waals surface area contributed by atoms with Crippen molar-refractivity contribution in [2.45, 2.75) is 6.54 Å². The van der Waals surface area contributed by atoms with Crippen LogP contribution < -0.4 is 21.3 Å². The van der Waals surface area contributed by atoms with E-state index >= 15 is 0 Å². The number of rotatable bonds is 8. The van der Waals surface area contributed by atoms with Crippen molar-refractivity contribution in [1.82, 2.24) is 14.9 Å². The molecule has 140 valence electrons. The molecule has 0 unspecified atom stereocenters. The summed E-state index contributed by atoms with van der Waals surface area (Å²) in [4.78, 5) is 26.4. The van der Waals surface area contributed by atoms with E-state index in [1.165, 1.54) is 22.8 Å². The van der Waals surface area contributed by atoms with Crippen LogP contribution in [0.2, 0.25) is 0 Å². The number of aromatic nitrogens is 2. The molecular formula is C16H19FN4O4S. The number of nitrogens with one attached hydrogen (secondary N) is 2. The summed E-state index contributed by atoms with van der Waals surface area (Å²) in [6.45, 7) is 0.0945. The first-order valence-electron chi connectivity index (χ1n) is 7.80. The molecule has 0 bridgehead atoms. The molecule has 0 fully saturated rings.